The summed E-state index contributed by atoms with van der Waals surface area (Å²) in [5.74, 6) is 3.68. The van der Waals surface area contributed by atoms with Gasteiger partial charge in [-0.15, -0.1) is 0 Å². The molecule has 1 atom stereocenters. The van der Waals surface area contributed by atoms with Crippen molar-refractivity contribution in [3.8, 4) is 11.5 Å². The zero-order chi connectivity index (χ0) is 26.6. The molecule has 0 radical (unpaired) electrons. The minimum absolute atomic E-state index is 0.532. The molecular formula is C30H35N7O2. The van der Waals surface area contributed by atoms with E-state index >= 15 is 0 Å². The molecule has 9 nitrogen and oxygen atoms in total. The molecule has 0 amide bonds. The Morgan fingerprint density at radius 1 is 0.846 bits per heavy atom. The van der Waals surface area contributed by atoms with Crippen molar-refractivity contribution in [2.45, 2.75) is 12.8 Å². The summed E-state index contributed by atoms with van der Waals surface area (Å²) in [6, 6.07) is 14.4. The molecule has 0 aliphatic carbocycles. The Morgan fingerprint density at radius 3 is 2.33 bits per heavy atom. The summed E-state index contributed by atoms with van der Waals surface area (Å²) in [6.45, 7) is 6.13. The number of ether oxygens (including phenoxy) is 2. The molecule has 202 valence electrons. The first kappa shape index (κ1) is 25.3. The Morgan fingerprint density at radius 2 is 1.62 bits per heavy atom. The van der Waals surface area contributed by atoms with Gasteiger partial charge in [-0.05, 0) is 37.2 Å². The number of aromatic nitrogens is 4. The Labute approximate surface area is 229 Å². The Hall–Kier alpha value is -3.98. The highest BCUT2D eigenvalue weighted by molar-refractivity contribution is 5.92. The fourth-order valence-corrected chi connectivity index (χ4v) is 5.50. The number of benzene rings is 2. The second-order valence-corrected chi connectivity index (χ2v) is 10.5. The van der Waals surface area contributed by atoms with Crippen molar-refractivity contribution in [2.75, 3.05) is 69.8 Å². The van der Waals surface area contributed by atoms with Crippen LogP contribution in [0.25, 0.3) is 10.9 Å². The Kier molecular flexibility index (Phi) is 7.40. The molecule has 2 saturated heterocycles. The predicted octanol–water partition coefficient (Wildman–Crippen LogP) is 3.68. The van der Waals surface area contributed by atoms with Crippen LogP contribution in [0.4, 0.5) is 11.8 Å². The van der Waals surface area contributed by atoms with Gasteiger partial charge in [0.25, 0.3) is 0 Å². The number of anilines is 2. The summed E-state index contributed by atoms with van der Waals surface area (Å²) in [5, 5.41) is 0.979. The Balaban J connectivity index is 1.14. The molecule has 6 rings (SSSR count). The van der Waals surface area contributed by atoms with Gasteiger partial charge in [-0.3, -0.25) is 0 Å². The first-order chi connectivity index (χ1) is 19.2. The van der Waals surface area contributed by atoms with Crippen molar-refractivity contribution in [1.82, 2.24) is 24.8 Å². The molecule has 2 aliphatic heterocycles. The van der Waals surface area contributed by atoms with Crippen LogP contribution in [0.15, 0.2) is 61.2 Å². The summed E-state index contributed by atoms with van der Waals surface area (Å²) < 4.78 is 11.9. The average Bonchev–Trinajstić information content (AvgIpc) is 3.41. The molecule has 2 fully saturated rings. The van der Waals surface area contributed by atoms with Gasteiger partial charge in [0.2, 0.25) is 5.95 Å². The first-order valence-corrected chi connectivity index (χ1v) is 13.6. The molecule has 9 heteroatoms. The fourth-order valence-electron chi connectivity index (χ4n) is 5.50. The van der Waals surface area contributed by atoms with Crippen molar-refractivity contribution in [3.05, 3.63) is 72.3 Å². The number of rotatable bonds is 8. The molecule has 2 aliphatic rings. The van der Waals surface area contributed by atoms with E-state index in [0.29, 0.717) is 18.3 Å². The van der Waals surface area contributed by atoms with E-state index in [-0.39, 0.29) is 0 Å². The smallest absolute Gasteiger partial charge is 0.225 e. The highest BCUT2D eigenvalue weighted by Crippen LogP contribution is 2.36. The highest BCUT2D eigenvalue weighted by Gasteiger charge is 2.24. The molecular weight excluding hydrogens is 490 g/mol. The van der Waals surface area contributed by atoms with Crippen molar-refractivity contribution in [1.29, 1.82) is 0 Å². The van der Waals surface area contributed by atoms with Crippen molar-refractivity contribution >= 4 is 22.7 Å². The van der Waals surface area contributed by atoms with Crippen LogP contribution >= 0.6 is 0 Å². The molecule has 0 N–H and O–H groups in total. The van der Waals surface area contributed by atoms with Gasteiger partial charge >= 0.3 is 0 Å². The number of fused-ring (bicyclic) bond motifs is 1. The SMILES string of the molecule is COc1cc2ncnc(N3CCN(c4ncc(Cc5ccccc5)cn4)CC3)c2cc1OCC1CCN(C)C1. The summed E-state index contributed by atoms with van der Waals surface area (Å²) in [7, 11) is 3.84. The molecule has 1 unspecified atom stereocenters. The molecule has 2 aromatic heterocycles. The van der Waals surface area contributed by atoms with E-state index < -0.39 is 0 Å². The predicted molar refractivity (Wildman–Crippen MR) is 153 cm³/mol. The van der Waals surface area contributed by atoms with Gasteiger partial charge in [-0.25, -0.2) is 19.9 Å². The second-order valence-electron chi connectivity index (χ2n) is 10.5. The number of nitrogens with zero attached hydrogens (tertiary/aromatic N) is 7. The van der Waals surface area contributed by atoms with Crippen LogP contribution in [0.3, 0.4) is 0 Å². The Bertz CT molecular complexity index is 1390. The summed E-state index contributed by atoms with van der Waals surface area (Å²) in [5.41, 5.74) is 3.23. The van der Waals surface area contributed by atoms with Gasteiger partial charge in [0.05, 0.1) is 19.2 Å². The van der Waals surface area contributed by atoms with Crippen LogP contribution in [0.2, 0.25) is 0 Å². The molecule has 39 heavy (non-hydrogen) atoms. The molecule has 0 saturated carbocycles. The molecule has 0 spiro atoms. The molecule has 0 bridgehead atoms. The average molecular weight is 526 g/mol. The van der Waals surface area contributed by atoms with E-state index in [1.165, 1.54) is 5.56 Å². The van der Waals surface area contributed by atoms with E-state index in [1.807, 2.05) is 30.6 Å². The van der Waals surface area contributed by atoms with Crippen molar-refractivity contribution < 1.29 is 9.47 Å². The van der Waals surface area contributed by atoms with Gasteiger partial charge < -0.3 is 24.2 Å². The normalized spacial score (nSPS) is 18.1. The van der Waals surface area contributed by atoms with Gasteiger partial charge in [0, 0.05) is 68.9 Å². The largest absolute Gasteiger partial charge is 0.493 e. The first-order valence-electron chi connectivity index (χ1n) is 13.6. The summed E-state index contributed by atoms with van der Waals surface area (Å²) >= 11 is 0. The summed E-state index contributed by atoms with van der Waals surface area (Å²) in [4.78, 5) is 25.5. The van der Waals surface area contributed by atoms with Crippen molar-refractivity contribution in [2.24, 2.45) is 5.92 Å². The van der Waals surface area contributed by atoms with Gasteiger partial charge in [-0.1, -0.05) is 30.3 Å². The lowest BCUT2D eigenvalue weighted by molar-refractivity contribution is 0.239. The standard InChI is InChI=1S/C30H35N7O2/c1-35-9-8-23(19-35)20-39-28-15-25-26(16-27(28)38-2)33-21-34-29(25)36-10-12-37(13-11-36)30-31-17-24(18-32-30)14-22-6-4-3-5-7-22/h3-7,15-18,21,23H,8-14,19-20H2,1-2H3. The lowest BCUT2D eigenvalue weighted by atomic mass is 10.1. The second kappa shape index (κ2) is 11.4. The van der Waals surface area contributed by atoms with E-state index in [4.69, 9.17) is 9.47 Å². The number of hydrogen-bond acceptors (Lipinski definition) is 9. The lowest BCUT2D eigenvalue weighted by Gasteiger charge is -2.35. The van der Waals surface area contributed by atoms with Crippen LogP contribution in [-0.4, -0.2) is 84.9 Å². The molecule has 2 aromatic carbocycles. The fraction of sp³-hybridized carbons (Fsp3) is 0.400. The zero-order valence-corrected chi connectivity index (χ0v) is 22.7. The third-order valence-electron chi connectivity index (χ3n) is 7.67. The van der Waals surface area contributed by atoms with E-state index in [9.17, 15) is 0 Å². The third-order valence-corrected chi connectivity index (χ3v) is 7.67. The monoisotopic (exact) mass is 525 g/mol. The van der Waals surface area contributed by atoms with Crippen LogP contribution in [-0.2, 0) is 6.42 Å². The maximum atomic E-state index is 6.28. The molecule has 4 heterocycles. The van der Waals surface area contributed by atoms with Crippen LogP contribution in [0.5, 0.6) is 11.5 Å². The van der Waals surface area contributed by atoms with Crippen molar-refractivity contribution in [3.63, 3.8) is 0 Å². The molecule has 4 aromatic rings. The lowest BCUT2D eigenvalue weighted by Crippen LogP contribution is -2.47. The van der Waals surface area contributed by atoms with Crippen LogP contribution < -0.4 is 19.3 Å². The van der Waals surface area contributed by atoms with Gasteiger partial charge in [-0.2, -0.15) is 0 Å². The van der Waals surface area contributed by atoms with Crippen LogP contribution in [0.1, 0.15) is 17.5 Å². The van der Waals surface area contributed by atoms with E-state index in [0.717, 1.165) is 86.1 Å². The van der Waals surface area contributed by atoms with Crippen LogP contribution in [0, 0.1) is 5.92 Å². The van der Waals surface area contributed by atoms with E-state index in [2.05, 4.69) is 65.9 Å². The number of likely N-dealkylation sites (tertiary alicyclic amines) is 1. The topological polar surface area (TPSA) is 79.7 Å². The number of hydrogen-bond donors (Lipinski definition) is 0. The maximum Gasteiger partial charge on any atom is 0.225 e. The minimum Gasteiger partial charge on any atom is -0.493 e. The summed E-state index contributed by atoms with van der Waals surface area (Å²) in [6.07, 6.45) is 7.51. The highest BCUT2D eigenvalue weighted by atomic mass is 16.5. The van der Waals surface area contributed by atoms with Gasteiger partial charge in [0.15, 0.2) is 11.5 Å². The maximum absolute atomic E-state index is 6.28. The quantitative estimate of drug-likeness (QED) is 0.342. The minimum atomic E-state index is 0.532. The third kappa shape index (κ3) is 5.73. The zero-order valence-electron chi connectivity index (χ0n) is 22.7. The van der Waals surface area contributed by atoms with E-state index in [1.54, 1.807) is 13.4 Å². The number of piperazine rings is 1. The number of methoxy groups -OCH3 is 1. The van der Waals surface area contributed by atoms with Gasteiger partial charge in [0.1, 0.15) is 12.1 Å².